The van der Waals surface area contributed by atoms with Crippen LogP contribution in [0.2, 0.25) is 0 Å². The van der Waals surface area contributed by atoms with Crippen molar-refractivity contribution in [2.45, 2.75) is 12.3 Å². The van der Waals surface area contributed by atoms with Crippen LogP contribution in [0.4, 0.5) is 0 Å². The smallest absolute Gasteiger partial charge is 0.156 e. The standard InChI is InChI=1S/C30H24N6/c1-3-7-24(8-4-1)27(28-14-18-36(34-28)30-13-17-32-22-33-30)19-23-20-29(25-9-5-2-6-10-25)35(21-23)26-11-15-31-16-12-26/h1-18,20-22,27H,19H2. The van der Waals surface area contributed by atoms with Crippen molar-refractivity contribution >= 4 is 0 Å². The van der Waals surface area contributed by atoms with Crippen LogP contribution >= 0.6 is 0 Å². The third-order valence-corrected chi connectivity index (χ3v) is 6.30. The minimum absolute atomic E-state index is 0.0891. The van der Waals surface area contributed by atoms with Crippen LogP contribution in [-0.4, -0.2) is 29.3 Å². The van der Waals surface area contributed by atoms with Crippen LogP contribution < -0.4 is 0 Å². The molecule has 4 aromatic heterocycles. The van der Waals surface area contributed by atoms with Gasteiger partial charge in [0.15, 0.2) is 5.82 Å². The molecule has 0 aliphatic carbocycles. The second-order valence-corrected chi connectivity index (χ2v) is 8.60. The van der Waals surface area contributed by atoms with Crippen molar-refractivity contribution in [2.24, 2.45) is 0 Å². The molecule has 0 spiro atoms. The number of pyridine rings is 1. The summed E-state index contributed by atoms with van der Waals surface area (Å²) in [5.74, 6) is 0.837. The Morgan fingerprint density at radius 2 is 1.50 bits per heavy atom. The zero-order valence-electron chi connectivity index (χ0n) is 19.6. The van der Waals surface area contributed by atoms with E-state index in [4.69, 9.17) is 5.10 Å². The fourth-order valence-electron chi connectivity index (χ4n) is 4.56. The van der Waals surface area contributed by atoms with Gasteiger partial charge in [0.05, 0.1) is 11.4 Å². The Kier molecular flexibility index (Phi) is 5.90. The highest BCUT2D eigenvalue weighted by Gasteiger charge is 2.20. The van der Waals surface area contributed by atoms with E-state index in [1.807, 2.05) is 53.6 Å². The Hall–Kier alpha value is -4.84. The summed E-state index contributed by atoms with van der Waals surface area (Å²) in [7, 11) is 0. The Morgan fingerprint density at radius 3 is 2.25 bits per heavy atom. The molecular weight excluding hydrogens is 444 g/mol. The maximum Gasteiger partial charge on any atom is 0.156 e. The molecule has 174 valence electrons. The topological polar surface area (TPSA) is 61.4 Å². The third kappa shape index (κ3) is 4.44. The zero-order valence-corrected chi connectivity index (χ0v) is 19.6. The van der Waals surface area contributed by atoms with E-state index >= 15 is 0 Å². The van der Waals surface area contributed by atoms with Crippen LogP contribution in [-0.2, 0) is 6.42 Å². The molecule has 0 saturated carbocycles. The number of hydrogen-bond acceptors (Lipinski definition) is 4. The van der Waals surface area contributed by atoms with E-state index in [2.05, 4.69) is 86.4 Å². The van der Waals surface area contributed by atoms with Gasteiger partial charge in [0.1, 0.15) is 6.33 Å². The van der Waals surface area contributed by atoms with Crippen molar-refractivity contribution in [2.75, 3.05) is 0 Å². The van der Waals surface area contributed by atoms with Crippen LogP contribution in [0.15, 0.2) is 128 Å². The number of hydrogen-bond donors (Lipinski definition) is 0. The van der Waals surface area contributed by atoms with E-state index < -0.39 is 0 Å². The van der Waals surface area contributed by atoms with Crippen LogP contribution in [0.1, 0.15) is 22.7 Å². The molecule has 0 amide bonds. The predicted molar refractivity (Wildman–Crippen MR) is 140 cm³/mol. The van der Waals surface area contributed by atoms with E-state index in [1.54, 1.807) is 6.20 Å². The van der Waals surface area contributed by atoms with Crippen LogP contribution in [0, 0.1) is 0 Å². The number of benzene rings is 2. The Morgan fingerprint density at radius 1 is 0.750 bits per heavy atom. The molecule has 2 aromatic carbocycles. The first kappa shape index (κ1) is 21.7. The minimum atomic E-state index is 0.0891. The molecule has 6 heteroatoms. The predicted octanol–water partition coefficient (Wildman–Crippen LogP) is 5.89. The zero-order chi connectivity index (χ0) is 24.2. The average Bonchev–Trinajstić information content (AvgIpc) is 3.62. The first-order valence-electron chi connectivity index (χ1n) is 11.9. The van der Waals surface area contributed by atoms with Gasteiger partial charge in [0.2, 0.25) is 0 Å². The summed E-state index contributed by atoms with van der Waals surface area (Å²) in [6.45, 7) is 0. The average molecular weight is 469 g/mol. The maximum absolute atomic E-state index is 4.91. The van der Waals surface area contributed by atoms with Crippen LogP contribution in [0.3, 0.4) is 0 Å². The van der Waals surface area contributed by atoms with Gasteiger partial charge in [-0.05, 0) is 47.4 Å². The van der Waals surface area contributed by atoms with Gasteiger partial charge in [-0.1, -0.05) is 60.7 Å². The molecule has 36 heavy (non-hydrogen) atoms. The normalized spacial score (nSPS) is 11.9. The van der Waals surface area contributed by atoms with Gasteiger partial charge < -0.3 is 4.57 Å². The molecule has 1 atom stereocenters. The quantitative estimate of drug-likeness (QED) is 0.293. The van der Waals surface area contributed by atoms with Gasteiger partial charge in [0.25, 0.3) is 0 Å². The SMILES string of the molecule is c1ccc(-c2cc(CC(c3ccccc3)c3ccn(-c4ccncn4)n3)cn2-c2ccncc2)cc1. The van der Waals surface area contributed by atoms with Crippen molar-refractivity contribution < 1.29 is 0 Å². The summed E-state index contributed by atoms with van der Waals surface area (Å²) in [4.78, 5) is 12.6. The highest BCUT2D eigenvalue weighted by molar-refractivity contribution is 5.64. The fourth-order valence-corrected chi connectivity index (χ4v) is 4.56. The first-order valence-corrected chi connectivity index (χ1v) is 11.9. The van der Waals surface area contributed by atoms with Gasteiger partial charge in [-0.15, -0.1) is 0 Å². The van der Waals surface area contributed by atoms with Crippen molar-refractivity contribution in [3.63, 3.8) is 0 Å². The molecule has 6 aromatic rings. The first-order chi connectivity index (χ1) is 17.8. The van der Waals surface area contributed by atoms with Crippen molar-refractivity contribution in [3.05, 3.63) is 145 Å². The number of aromatic nitrogens is 6. The molecule has 0 aliphatic heterocycles. The highest BCUT2D eigenvalue weighted by Crippen LogP contribution is 2.32. The summed E-state index contributed by atoms with van der Waals surface area (Å²) >= 11 is 0. The Balaban J connectivity index is 1.41. The second kappa shape index (κ2) is 9.80. The molecule has 0 radical (unpaired) electrons. The Labute approximate surface area is 209 Å². The summed E-state index contributed by atoms with van der Waals surface area (Å²) in [5.41, 5.74) is 6.86. The lowest BCUT2D eigenvalue weighted by Gasteiger charge is -2.15. The number of rotatable bonds is 7. The summed E-state index contributed by atoms with van der Waals surface area (Å²) in [5, 5.41) is 4.91. The van der Waals surface area contributed by atoms with E-state index in [-0.39, 0.29) is 5.92 Å². The largest absolute Gasteiger partial charge is 0.316 e. The fraction of sp³-hybridized carbons (Fsp3) is 0.0667. The van der Waals surface area contributed by atoms with Gasteiger partial charge in [-0.25, -0.2) is 14.6 Å². The lowest BCUT2D eigenvalue weighted by atomic mass is 9.90. The van der Waals surface area contributed by atoms with E-state index in [0.717, 1.165) is 29.3 Å². The molecule has 6 rings (SSSR count). The number of nitrogens with zero attached hydrogens (tertiary/aromatic N) is 6. The van der Waals surface area contributed by atoms with Crippen molar-refractivity contribution in [1.82, 2.24) is 29.3 Å². The second-order valence-electron chi connectivity index (χ2n) is 8.60. The lowest BCUT2D eigenvalue weighted by Crippen LogP contribution is -2.07. The summed E-state index contributed by atoms with van der Waals surface area (Å²) in [6, 6.07) is 31.3. The third-order valence-electron chi connectivity index (χ3n) is 6.30. The van der Waals surface area contributed by atoms with Gasteiger partial charge >= 0.3 is 0 Å². The maximum atomic E-state index is 4.91. The highest BCUT2D eigenvalue weighted by atomic mass is 15.3. The van der Waals surface area contributed by atoms with Crippen molar-refractivity contribution in [1.29, 1.82) is 0 Å². The molecule has 0 fully saturated rings. The Bertz CT molecular complexity index is 1480. The van der Waals surface area contributed by atoms with Gasteiger partial charge in [0, 0.05) is 48.7 Å². The molecule has 0 N–H and O–H groups in total. The molecule has 0 aliphatic rings. The van der Waals surface area contributed by atoms with E-state index in [0.29, 0.717) is 0 Å². The molecule has 4 heterocycles. The monoisotopic (exact) mass is 468 g/mol. The van der Waals surface area contributed by atoms with Gasteiger partial charge in [-0.3, -0.25) is 4.98 Å². The molecular formula is C30H24N6. The summed E-state index contributed by atoms with van der Waals surface area (Å²) in [6.07, 6.45) is 11.9. The van der Waals surface area contributed by atoms with E-state index in [1.165, 1.54) is 23.0 Å². The minimum Gasteiger partial charge on any atom is -0.316 e. The van der Waals surface area contributed by atoms with E-state index in [9.17, 15) is 0 Å². The molecule has 6 nitrogen and oxygen atoms in total. The molecule has 0 bridgehead atoms. The summed E-state index contributed by atoms with van der Waals surface area (Å²) < 4.78 is 4.05. The molecule has 1 unspecified atom stereocenters. The lowest BCUT2D eigenvalue weighted by molar-refractivity contribution is 0.732. The van der Waals surface area contributed by atoms with Crippen molar-refractivity contribution in [3.8, 4) is 22.8 Å². The van der Waals surface area contributed by atoms with Crippen LogP contribution in [0.5, 0.6) is 0 Å². The molecule has 0 saturated heterocycles. The van der Waals surface area contributed by atoms with Gasteiger partial charge in [-0.2, -0.15) is 5.10 Å². The van der Waals surface area contributed by atoms with Crippen LogP contribution in [0.25, 0.3) is 22.8 Å².